The highest BCUT2D eigenvalue weighted by Gasteiger charge is 2.29. The van der Waals surface area contributed by atoms with Crippen LogP contribution in [0.5, 0.6) is 0 Å². The zero-order chi connectivity index (χ0) is 23.7. The normalized spacial score (nSPS) is 14.9. The highest BCUT2D eigenvalue weighted by Crippen LogP contribution is 2.46. The molecule has 5 nitrogen and oxygen atoms in total. The number of nitrogens with zero attached hydrogens (tertiary/aromatic N) is 1. The van der Waals surface area contributed by atoms with E-state index in [0.717, 1.165) is 69.1 Å². The zero-order valence-corrected chi connectivity index (χ0v) is 19.7. The summed E-state index contributed by atoms with van der Waals surface area (Å²) in [4.78, 5) is 30.3. The largest absolute Gasteiger partial charge is 0.478 e. The van der Waals surface area contributed by atoms with Crippen LogP contribution in [0.15, 0.2) is 71.7 Å². The third-order valence-corrected chi connectivity index (χ3v) is 7.29. The molecule has 2 heterocycles. The molecule has 0 bridgehead atoms. The molecule has 2 aromatic carbocycles. The average molecular weight is 489 g/mol. The van der Waals surface area contributed by atoms with Gasteiger partial charge < -0.3 is 10.1 Å². The topological polar surface area (TPSA) is 83.0 Å². The lowest BCUT2D eigenvalue weighted by molar-refractivity contribution is -0.131. The van der Waals surface area contributed by atoms with Gasteiger partial charge in [-0.15, -0.1) is 0 Å². The van der Waals surface area contributed by atoms with Gasteiger partial charge >= 0.3 is 10.8 Å². The summed E-state index contributed by atoms with van der Waals surface area (Å²) in [5, 5.41) is 9.54. The average Bonchev–Trinajstić information content (AvgIpc) is 3.16. The van der Waals surface area contributed by atoms with Crippen molar-refractivity contribution in [2.24, 2.45) is 5.92 Å². The Bertz CT molecular complexity index is 1490. The summed E-state index contributed by atoms with van der Waals surface area (Å²) in [6.45, 7) is 0. The predicted molar refractivity (Wildman–Crippen MR) is 138 cm³/mol. The van der Waals surface area contributed by atoms with Crippen LogP contribution in [0.3, 0.4) is 0 Å². The third-order valence-electron chi connectivity index (χ3n) is 6.12. The van der Waals surface area contributed by atoms with Gasteiger partial charge in [0.05, 0.1) is 20.9 Å². The number of benzene rings is 2. The first kappa shape index (κ1) is 22.3. The van der Waals surface area contributed by atoms with Crippen molar-refractivity contribution in [3.05, 3.63) is 104 Å². The summed E-state index contributed by atoms with van der Waals surface area (Å²) in [5.74, 6) is -0.661. The lowest BCUT2D eigenvalue weighted by Gasteiger charge is -2.31. The van der Waals surface area contributed by atoms with Crippen molar-refractivity contribution in [2.75, 3.05) is 0 Å². The molecule has 0 amide bonds. The van der Waals surface area contributed by atoms with E-state index in [1.165, 1.54) is 11.3 Å². The summed E-state index contributed by atoms with van der Waals surface area (Å²) in [5.41, 5.74) is 6.44. The van der Waals surface area contributed by atoms with Crippen LogP contribution in [-0.4, -0.2) is 21.0 Å². The number of aromatic nitrogens is 2. The van der Waals surface area contributed by atoms with Crippen molar-refractivity contribution >= 4 is 56.3 Å². The minimum atomic E-state index is -0.986. The van der Waals surface area contributed by atoms with E-state index in [9.17, 15) is 9.59 Å². The smallest absolute Gasteiger partial charge is 0.328 e. The van der Waals surface area contributed by atoms with Crippen LogP contribution in [0.4, 0.5) is 0 Å². The Morgan fingerprint density at radius 1 is 1.12 bits per heavy atom. The lowest BCUT2D eigenvalue weighted by atomic mass is 9.74. The number of carboxylic acids is 1. The van der Waals surface area contributed by atoms with Gasteiger partial charge in [0.1, 0.15) is 0 Å². The van der Waals surface area contributed by atoms with E-state index < -0.39 is 5.97 Å². The van der Waals surface area contributed by atoms with Crippen molar-refractivity contribution in [1.82, 2.24) is 9.97 Å². The number of hydrogen-bond donors (Lipinski definition) is 2. The molecule has 1 fully saturated rings. The quantitative estimate of drug-likeness (QED) is 0.304. The van der Waals surface area contributed by atoms with Crippen molar-refractivity contribution in [1.29, 1.82) is 0 Å². The number of nitrogens with one attached hydrogen (secondary N) is 1. The van der Waals surface area contributed by atoms with Gasteiger partial charge in [-0.2, -0.15) is 0 Å². The van der Waals surface area contributed by atoms with Gasteiger partial charge in [0, 0.05) is 12.3 Å². The fourth-order valence-corrected chi connectivity index (χ4v) is 5.25. The van der Waals surface area contributed by atoms with Crippen molar-refractivity contribution in [3.63, 3.8) is 0 Å². The maximum Gasteiger partial charge on any atom is 0.328 e. The molecule has 0 spiro atoms. The summed E-state index contributed by atoms with van der Waals surface area (Å²) < 4.78 is 0.906. The van der Waals surface area contributed by atoms with Gasteiger partial charge in [-0.3, -0.25) is 9.78 Å². The van der Waals surface area contributed by atoms with Crippen molar-refractivity contribution in [3.8, 4) is 0 Å². The second kappa shape index (κ2) is 9.41. The van der Waals surface area contributed by atoms with Gasteiger partial charge in [-0.1, -0.05) is 59.7 Å². The van der Waals surface area contributed by atoms with E-state index in [1.807, 2.05) is 54.6 Å². The molecule has 0 unspecified atom stereocenters. The van der Waals surface area contributed by atoms with Gasteiger partial charge in [-0.05, 0) is 76.9 Å². The minimum absolute atomic E-state index is 0.0840. The van der Waals surface area contributed by atoms with E-state index >= 15 is 0 Å². The third kappa shape index (κ3) is 4.47. The first-order valence-electron chi connectivity index (χ1n) is 11.0. The Hall–Kier alpha value is -3.48. The predicted octanol–water partition coefficient (Wildman–Crippen LogP) is 6.50. The number of rotatable bonds is 6. The van der Waals surface area contributed by atoms with E-state index in [2.05, 4.69) is 9.97 Å². The zero-order valence-electron chi connectivity index (χ0n) is 18.1. The second-order valence-electron chi connectivity index (χ2n) is 8.27. The first-order valence-corrected chi connectivity index (χ1v) is 12.2. The Morgan fingerprint density at radius 2 is 1.88 bits per heavy atom. The molecule has 7 heteroatoms. The summed E-state index contributed by atoms with van der Waals surface area (Å²) in [7, 11) is 0. The first-order chi connectivity index (χ1) is 16.5. The Kier molecular flexibility index (Phi) is 6.18. The van der Waals surface area contributed by atoms with Crippen LogP contribution in [-0.2, 0) is 4.79 Å². The number of thiazole rings is 1. The van der Waals surface area contributed by atoms with Crippen LogP contribution in [0.1, 0.15) is 41.6 Å². The highest BCUT2D eigenvalue weighted by molar-refractivity contribution is 7.16. The molecule has 4 aromatic rings. The molecular weight excluding hydrogens is 468 g/mol. The van der Waals surface area contributed by atoms with Crippen LogP contribution in [0.25, 0.3) is 27.4 Å². The fourth-order valence-electron chi connectivity index (χ4n) is 4.31. The van der Waals surface area contributed by atoms with Gasteiger partial charge in [-0.25, -0.2) is 4.79 Å². The van der Waals surface area contributed by atoms with E-state index in [1.54, 1.807) is 12.3 Å². The molecule has 0 atom stereocenters. The van der Waals surface area contributed by atoms with Crippen LogP contribution < -0.4 is 4.87 Å². The Labute approximate surface area is 205 Å². The molecule has 0 radical (unpaired) electrons. The number of pyridine rings is 1. The molecular formula is C27H21ClN2O3S. The maximum atomic E-state index is 11.9. The number of halogens is 1. The number of aliphatic carboxylic acids is 1. The molecule has 2 aromatic heterocycles. The fraction of sp³-hybridized carbons (Fsp3) is 0.148. The number of carboxylic acid groups (broad SMARTS) is 1. The van der Waals surface area contributed by atoms with E-state index in [4.69, 9.17) is 16.7 Å². The number of carbonyl (C=O) groups is 1. The number of allylic oxidation sites excluding steroid dienone is 1. The molecule has 1 aliphatic rings. The molecule has 34 heavy (non-hydrogen) atoms. The number of aromatic amines is 1. The van der Waals surface area contributed by atoms with Crippen LogP contribution in [0.2, 0.25) is 5.02 Å². The second-order valence-corrected chi connectivity index (χ2v) is 9.69. The van der Waals surface area contributed by atoms with E-state index in [-0.39, 0.29) is 4.87 Å². The van der Waals surface area contributed by atoms with E-state index in [0.29, 0.717) is 10.9 Å². The summed E-state index contributed by atoms with van der Waals surface area (Å²) in [6, 6.07) is 17.5. The van der Waals surface area contributed by atoms with Crippen LogP contribution >= 0.6 is 22.9 Å². The monoisotopic (exact) mass is 488 g/mol. The lowest BCUT2D eigenvalue weighted by Crippen LogP contribution is -2.16. The minimum Gasteiger partial charge on any atom is -0.478 e. The molecule has 1 saturated carbocycles. The summed E-state index contributed by atoms with van der Waals surface area (Å²) >= 11 is 7.84. The molecule has 170 valence electrons. The van der Waals surface area contributed by atoms with Gasteiger partial charge in [0.2, 0.25) is 0 Å². The van der Waals surface area contributed by atoms with Crippen molar-refractivity contribution in [2.45, 2.75) is 19.3 Å². The highest BCUT2D eigenvalue weighted by atomic mass is 35.5. The van der Waals surface area contributed by atoms with Crippen LogP contribution in [0, 0.1) is 5.92 Å². The number of H-pyrrole nitrogens is 1. The molecule has 0 saturated heterocycles. The molecule has 0 aliphatic heterocycles. The standard InChI is InChI=1S/C27H21ClN2O3S/c28-20-5-2-14-29-26(20)25(17-3-1-4-17)24(18-9-6-16(7-10-18)8-13-23(31)32)19-11-12-22-21(15-19)30-27(33)34-22/h2,5-15,17H,1,3-4H2,(H,30,33)(H,31,32)/b13-8+,25-24+. The molecule has 1 aliphatic carbocycles. The maximum absolute atomic E-state index is 11.9. The number of fused-ring (bicyclic) bond motifs is 1. The SMILES string of the molecule is O=C(O)/C=C/c1ccc(/C(=C(\c2ncccc2Cl)C2CCC2)c2ccc3sc(=O)[nH]c3c2)cc1. The molecule has 5 rings (SSSR count). The summed E-state index contributed by atoms with van der Waals surface area (Å²) in [6.07, 6.45) is 7.73. The Morgan fingerprint density at radius 3 is 2.56 bits per heavy atom. The van der Waals surface area contributed by atoms with Gasteiger partial charge in [0.25, 0.3) is 0 Å². The molecule has 2 N–H and O–H groups in total. The Balaban J connectivity index is 1.75. The number of hydrogen-bond acceptors (Lipinski definition) is 4. The van der Waals surface area contributed by atoms with Crippen molar-refractivity contribution < 1.29 is 9.90 Å². The van der Waals surface area contributed by atoms with Gasteiger partial charge in [0.15, 0.2) is 0 Å².